The standard InChI is InChI=1S/C14H15N3O3S2/c1-10(18)17-5-4-11-6-13(2-3-14(11)17)22(19,20)16-7-12-8-21-9-15-12/h2-3,6,8-9,16H,4-5,7H2,1H3. The second-order valence-electron chi connectivity index (χ2n) is 5.02. The van der Waals surface area contributed by atoms with Crippen LogP contribution in [0.25, 0.3) is 0 Å². The Bertz CT molecular complexity index is 801. The van der Waals surface area contributed by atoms with Crippen molar-refractivity contribution in [3.05, 3.63) is 40.3 Å². The second-order valence-corrected chi connectivity index (χ2v) is 7.50. The van der Waals surface area contributed by atoms with Gasteiger partial charge in [-0.05, 0) is 30.2 Å². The number of sulfonamides is 1. The third-order valence-corrected chi connectivity index (χ3v) is 5.60. The van der Waals surface area contributed by atoms with Gasteiger partial charge >= 0.3 is 0 Å². The van der Waals surface area contributed by atoms with E-state index < -0.39 is 10.0 Å². The van der Waals surface area contributed by atoms with Crippen LogP contribution in [0.3, 0.4) is 0 Å². The zero-order chi connectivity index (χ0) is 15.7. The average molecular weight is 337 g/mol. The highest BCUT2D eigenvalue weighted by Crippen LogP contribution is 2.30. The van der Waals surface area contributed by atoms with Crippen molar-refractivity contribution >= 4 is 33.0 Å². The zero-order valence-corrected chi connectivity index (χ0v) is 13.6. The molecule has 0 fully saturated rings. The lowest BCUT2D eigenvalue weighted by Crippen LogP contribution is -2.26. The molecule has 0 saturated carbocycles. The second kappa shape index (κ2) is 5.79. The van der Waals surface area contributed by atoms with Crippen LogP contribution in [0.4, 0.5) is 5.69 Å². The Balaban J connectivity index is 1.82. The Hall–Kier alpha value is -1.77. The summed E-state index contributed by atoms with van der Waals surface area (Å²) in [6.45, 7) is 2.28. The Morgan fingerprint density at radius 3 is 2.95 bits per heavy atom. The minimum Gasteiger partial charge on any atom is -0.312 e. The van der Waals surface area contributed by atoms with E-state index in [1.165, 1.54) is 24.3 Å². The van der Waals surface area contributed by atoms with Gasteiger partial charge in [-0.2, -0.15) is 0 Å². The SMILES string of the molecule is CC(=O)N1CCc2cc(S(=O)(=O)NCc3cscn3)ccc21. The van der Waals surface area contributed by atoms with E-state index >= 15 is 0 Å². The summed E-state index contributed by atoms with van der Waals surface area (Å²) >= 11 is 1.42. The highest BCUT2D eigenvalue weighted by atomic mass is 32.2. The van der Waals surface area contributed by atoms with Gasteiger partial charge < -0.3 is 4.90 Å². The van der Waals surface area contributed by atoms with Crippen LogP contribution in [0, 0.1) is 0 Å². The Morgan fingerprint density at radius 2 is 2.27 bits per heavy atom. The molecule has 0 unspecified atom stereocenters. The van der Waals surface area contributed by atoms with Crippen molar-refractivity contribution in [1.29, 1.82) is 0 Å². The zero-order valence-electron chi connectivity index (χ0n) is 11.9. The average Bonchev–Trinajstić information content (AvgIpc) is 3.13. The van der Waals surface area contributed by atoms with Crippen molar-refractivity contribution in [3.8, 4) is 0 Å². The van der Waals surface area contributed by atoms with E-state index in [0.717, 1.165) is 11.3 Å². The number of aromatic nitrogens is 1. The molecule has 0 radical (unpaired) electrons. The number of benzene rings is 1. The van der Waals surface area contributed by atoms with Gasteiger partial charge in [0, 0.05) is 24.5 Å². The van der Waals surface area contributed by atoms with Gasteiger partial charge in [0.2, 0.25) is 15.9 Å². The van der Waals surface area contributed by atoms with Crippen molar-refractivity contribution in [3.63, 3.8) is 0 Å². The first-order valence-electron chi connectivity index (χ1n) is 6.75. The largest absolute Gasteiger partial charge is 0.312 e. The predicted molar refractivity (Wildman–Crippen MR) is 84.3 cm³/mol. The molecule has 1 aromatic carbocycles. The van der Waals surface area contributed by atoms with Gasteiger partial charge in [0.05, 0.1) is 22.6 Å². The van der Waals surface area contributed by atoms with Crippen LogP contribution in [0.2, 0.25) is 0 Å². The fourth-order valence-electron chi connectivity index (χ4n) is 2.45. The van der Waals surface area contributed by atoms with Gasteiger partial charge in [-0.1, -0.05) is 0 Å². The first-order chi connectivity index (χ1) is 10.5. The molecule has 0 atom stereocenters. The number of nitrogens with one attached hydrogen (secondary N) is 1. The Labute approximate surface area is 132 Å². The number of nitrogens with zero attached hydrogens (tertiary/aromatic N) is 2. The van der Waals surface area contributed by atoms with Crippen molar-refractivity contribution in [2.75, 3.05) is 11.4 Å². The van der Waals surface area contributed by atoms with Crippen LogP contribution >= 0.6 is 11.3 Å². The molecule has 1 amide bonds. The molecule has 22 heavy (non-hydrogen) atoms. The van der Waals surface area contributed by atoms with Crippen LogP contribution in [-0.4, -0.2) is 25.9 Å². The minimum atomic E-state index is -3.58. The fourth-order valence-corrected chi connectivity index (χ4v) is 4.06. The lowest BCUT2D eigenvalue weighted by molar-refractivity contribution is -0.116. The van der Waals surface area contributed by atoms with Crippen LogP contribution < -0.4 is 9.62 Å². The summed E-state index contributed by atoms with van der Waals surface area (Å²) in [5.74, 6) is -0.0315. The van der Waals surface area contributed by atoms with Gasteiger partial charge in [-0.15, -0.1) is 11.3 Å². The molecule has 116 valence electrons. The monoisotopic (exact) mass is 337 g/mol. The molecule has 2 aromatic rings. The summed E-state index contributed by atoms with van der Waals surface area (Å²) in [6.07, 6.45) is 0.671. The van der Waals surface area contributed by atoms with Gasteiger partial charge in [-0.25, -0.2) is 18.1 Å². The van der Waals surface area contributed by atoms with E-state index in [0.29, 0.717) is 18.7 Å². The van der Waals surface area contributed by atoms with E-state index in [2.05, 4.69) is 9.71 Å². The molecule has 6 nitrogen and oxygen atoms in total. The van der Waals surface area contributed by atoms with Gasteiger partial charge in [0.1, 0.15) is 0 Å². The van der Waals surface area contributed by atoms with Gasteiger partial charge in [-0.3, -0.25) is 4.79 Å². The summed E-state index contributed by atoms with van der Waals surface area (Å²) in [6, 6.07) is 4.87. The molecule has 0 aliphatic carbocycles. The summed E-state index contributed by atoms with van der Waals surface area (Å²) < 4.78 is 27.2. The first-order valence-corrected chi connectivity index (χ1v) is 9.18. The number of fused-ring (bicyclic) bond motifs is 1. The molecule has 3 rings (SSSR count). The van der Waals surface area contributed by atoms with Crippen molar-refractivity contribution in [2.45, 2.75) is 24.8 Å². The maximum atomic E-state index is 12.3. The summed E-state index contributed by atoms with van der Waals surface area (Å²) in [4.78, 5) is 17.4. The Kier molecular flexibility index (Phi) is 3.98. The first kappa shape index (κ1) is 15.1. The molecular formula is C14H15N3O3S2. The number of carbonyl (C=O) groups is 1. The normalized spacial score (nSPS) is 14.1. The molecule has 1 aromatic heterocycles. The number of hydrogen-bond acceptors (Lipinski definition) is 5. The van der Waals surface area contributed by atoms with Crippen LogP contribution in [0.5, 0.6) is 0 Å². The van der Waals surface area contributed by atoms with E-state index in [1.807, 2.05) is 0 Å². The third kappa shape index (κ3) is 2.90. The van der Waals surface area contributed by atoms with E-state index in [-0.39, 0.29) is 17.3 Å². The van der Waals surface area contributed by atoms with E-state index in [4.69, 9.17) is 0 Å². The van der Waals surface area contributed by atoms with Crippen LogP contribution in [-0.2, 0) is 27.8 Å². The number of amides is 1. The molecule has 0 bridgehead atoms. The predicted octanol–water partition coefficient (Wildman–Crippen LogP) is 1.53. The van der Waals surface area contributed by atoms with Crippen LogP contribution in [0.15, 0.2) is 34.0 Å². The minimum absolute atomic E-state index is 0.0315. The topological polar surface area (TPSA) is 79.4 Å². The summed E-state index contributed by atoms with van der Waals surface area (Å²) in [7, 11) is -3.58. The maximum Gasteiger partial charge on any atom is 0.240 e. The molecule has 8 heteroatoms. The van der Waals surface area contributed by atoms with Crippen LogP contribution in [0.1, 0.15) is 18.2 Å². The van der Waals surface area contributed by atoms with Crippen molar-refractivity contribution in [1.82, 2.24) is 9.71 Å². The smallest absolute Gasteiger partial charge is 0.240 e. The van der Waals surface area contributed by atoms with E-state index in [9.17, 15) is 13.2 Å². The van der Waals surface area contributed by atoms with Crippen molar-refractivity contribution < 1.29 is 13.2 Å². The molecule has 2 heterocycles. The fraction of sp³-hybridized carbons (Fsp3) is 0.286. The third-order valence-electron chi connectivity index (χ3n) is 3.56. The molecule has 0 spiro atoms. The lowest BCUT2D eigenvalue weighted by atomic mass is 10.2. The molecule has 1 N–H and O–H groups in total. The number of carbonyl (C=O) groups excluding carboxylic acids is 1. The molecule has 0 saturated heterocycles. The number of thiazole rings is 1. The highest BCUT2D eigenvalue weighted by molar-refractivity contribution is 7.89. The Morgan fingerprint density at radius 1 is 1.45 bits per heavy atom. The maximum absolute atomic E-state index is 12.3. The quantitative estimate of drug-likeness (QED) is 0.917. The molecule has 1 aliphatic heterocycles. The lowest BCUT2D eigenvalue weighted by Gasteiger charge is -2.15. The van der Waals surface area contributed by atoms with Gasteiger partial charge in [0.25, 0.3) is 0 Å². The summed E-state index contributed by atoms with van der Waals surface area (Å²) in [5.41, 5.74) is 4.03. The number of anilines is 1. The summed E-state index contributed by atoms with van der Waals surface area (Å²) in [5, 5.41) is 1.80. The highest BCUT2D eigenvalue weighted by Gasteiger charge is 2.24. The molecular weight excluding hydrogens is 322 g/mol. The van der Waals surface area contributed by atoms with Gasteiger partial charge in [0.15, 0.2) is 0 Å². The number of hydrogen-bond donors (Lipinski definition) is 1. The molecule has 1 aliphatic rings. The van der Waals surface area contributed by atoms with E-state index in [1.54, 1.807) is 27.9 Å². The number of rotatable bonds is 4. The van der Waals surface area contributed by atoms with Crippen molar-refractivity contribution in [2.24, 2.45) is 0 Å².